The smallest absolute Gasteiger partial charge is 0.263 e. The molecule has 0 radical (unpaired) electrons. The number of aromatic nitrogens is 3. The first-order chi connectivity index (χ1) is 16.8. The Bertz CT molecular complexity index is 1450. The maximum Gasteiger partial charge on any atom is 0.263 e. The molecule has 182 valence electrons. The largest absolute Gasteiger partial charge is 0.368 e. The second-order valence-electron chi connectivity index (χ2n) is 8.37. The van der Waals surface area contributed by atoms with Crippen molar-refractivity contribution in [3.63, 3.8) is 0 Å². The quantitative estimate of drug-likeness (QED) is 0.424. The molecular formula is C23H23FN6O3S2. The summed E-state index contributed by atoms with van der Waals surface area (Å²) in [5.74, 6) is -0.357. The monoisotopic (exact) mass is 514 g/mol. The SMILES string of the molecule is CC1CN(c2ccc(S(=O)(=O)Nc3nncs3)cc2)CCN1C(=O)Cn1ccc2ccc(F)cc21. The van der Waals surface area contributed by atoms with Gasteiger partial charge in [0, 0.05) is 37.6 Å². The van der Waals surface area contributed by atoms with Crippen LogP contribution in [0.3, 0.4) is 0 Å². The van der Waals surface area contributed by atoms with Crippen molar-refractivity contribution < 1.29 is 17.6 Å². The summed E-state index contributed by atoms with van der Waals surface area (Å²) >= 11 is 1.10. The number of nitrogens with zero attached hydrogens (tertiary/aromatic N) is 5. The number of carbonyl (C=O) groups excluding carboxylic acids is 1. The first kappa shape index (κ1) is 23.2. The molecule has 1 amide bonds. The molecule has 1 N–H and O–H groups in total. The number of anilines is 2. The van der Waals surface area contributed by atoms with E-state index in [1.807, 2.05) is 17.9 Å². The molecule has 1 aliphatic rings. The molecule has 1 aliphatic heterocycles. The van der Waals surface area contributed by atoms with E-state index >= 15 is 0 Å². The van der Waals surface area contributed by atoms with Crippen LogP contribution < -0.4 is 9.62 Å². The van der Waals surface area contributed by atoms with Crippen LogP contribution in [0.25, 0.3) is 10.9 Å². The van der Waals surface area contributed by atoms with Gasteiger partial charge < -0.3 is 14.4 Å². The number of sulfonamides is 1. The molecule has 0 saturated carbocycles. The first-order valence-corrected chi connectivity index (χ1v) is 13.3. The van der Waals surface area contributed by atoms with Crippen molar-refractivity contribution in [2.24, 2.45) is 0 Å². The Morgan fingerprint density at radius 1 is 1.17 bits per heavy atom. The minimum Gasteiger partial charge on any atom is -0.368 e. The van der Waals surface area contributed by atoms with Crippen molar-refractivity contribution >= 4 is 49.0 Å². The lowest BCUT2D eigenvalue weighted by molar-refractivity contribution is -0.134. The van der Waals surface area contributed by atoms with Gasteiger partial charge >= 0.3 is 0 Å². The second-order valence-corrected chi connectivity index (χ2v) is 10.9. The third kappa shape index (κ3) is 4.84. The Kier molecular flexibility index (Phi) is 6.15. The summed E-state index contributed by atoms with van der Waals surface area (Å²) in [6.07, 6.45) is 1.80. The Hall–Kier alpha value is -3.51. The summed E-state index contributed by atoms with van der Waals surface area (Å²) in [6, 6.07) is 13.0. The van der Waals surface area contributed by atoms with Gasteiger partial charge in [-0.05, 0) is 60.8 Å². The molecule has 12 heteroatoms. The van der Waals surface area contributed by atoms with E-state index in [1.54, 1.807) is 41.1 Å². The molecule has 35 heavy (non-hydrogen) atoms. The van der Waals surface area contributed by atoms with Crippen molar-refractivity contribution in [1.29, 1.82) is 0 Å². The summed E-state index contributed by atoms with van der Waals surface area (Å²) < 4.78 is 42.9. The maximum atomic E-state index is 13.7. The summed E-state index contributed by atoms with van der Waals surface area (Å²) in [7, 11) is -3.74. The van der Waals surface area contributed by atoms with Crippen molar-refractivity contribution in [3.05, 3.63) is 66.1 Å². The van der Waals surface area contributed by atoms with Crippen LogP contribution >= 0.6 is 11.3 Å². The van der Waals surface area contributed by atoms with Gasteiger partial charge in [0.1, 0.15) is 17.9 Å². The summed E-state index contributed by atoms with van der Waals surface area (Å²) in [6.45, 7) is 3.90. The van der Waals surface area contributed by atoms with Crippen LogP contribution in [0.4, 0.5) is 15.2 Å². The molecule has 4 aromatic rings. The maximum absolute atomic E-state index is 13.7. The highest BCUT2D eigenvalue weighted by Crippen LogP contribution is 2.24. The highest BCUT2D eigenvalue weighted by molar-refractivity contribution is 7.93. The number of hydrogen-bond donors (Lipinski definition) is 1. The van der Waals surface area contributed by atoms with E-state index in [4.69, 9.17) is 0 Å². The Balaban J connectivity index is 1.23. The molecule has 0 aliphatic carbocycles. The number of halogens is 1. The minimum atomic E-state index is -3.74. The van der Waals surface area contributed by atoms with E-state index in [9.17, 15) is 17.6 Å². The topological polar surface area (TPSA) is 100 Å². The molecule has 1 fully saturated rings. The number of fused-ring (bicyclic) bond motifs is 1. The zero-order valence-electron chi connectivity index (χ0n) is 18.8. The van der Waals surface area contributed by atoms with E-state index < -0.39 is 10.0 Å². The third-order valence-corrected chi connectivity index (χ3v) is 8.17. The van der Waals surface area contributed by atoms with Gasteiger partial charge in [-0.25, -0.2) is 12.8 Å². The van der Waals surface area contributed by atoms with Crippen LogP contribution in [0.15, 0.2) is 65.1 Å². The van der Waals surface area contributed by atoms with E-state index in [0.717, 1.165) is 22.4 Å². The molecule has 2 aromatic carbocycles. The second kappa shape index (κ2) is 9.27. The fraction of sp³-hybridized carbons (Fsp3) is 0.261. The van der Waals surface area contributed by atoms with Crippen molar-refractivity contribution in [2.45, 2.75) is 24.4 Å². The number of hydrogen-bond acceptors (Lipinski definition) is 7. The number of piperazine rings is 1. The zero-order valence-corrected chi connectivity index (χ0v) is 20.5. The van der Waals surface area contributed by atoms with Gasteiger partial charge in [-0.15, -0.1) is 10.2 Å². The predicted octanol–water partition coefficient (Wildman–Crippen LogP) is 3.17. The normalized spacial score (nSPS) is 16.6. The van der Waals surface area contributed by atoms with Gasteiger partial charge in [0.25, 0.3) is 10.0 Å². The molecule has 1 unspecified atom stereocenters. The lowest BCUT2D eigenvalue weighted by Crippen LogP contribution is -2.54. The molecule has 1 atom stereocenters. The molecule has 9 nitrogen and oxygen atoms in total. The Morgan fingerprint density at radius 3 is 2.69 bits per heavy atom. The van der Waals surface area contributed by atoms with Gasteiger partial charge in [-0.1, -0.05) is 11.3 Å². The lowest BCUT2D eigenvalue weighted by Gasteiger charge is -2.41. The average Bonchev–Trinajstić information content (AvgIpc) is 3.48. The summed E-state index contributed by atoms with van der Waals surface area (Å²) in [5, 5.41) is 8.44. The summed E-state index contributed by atoms with van der Waals surface area (Å²) in [5.41, 5.74) is 3.03. The van der Waals surface area contributed by atoms with E-state index in [-0.39, 0.29) is 34.3 Å². The van der Waals surface area contributed by atoms with E-state index in [1.165, 1.54) is 17.6 Å². The number of benzene rings is 2. The minimum absolute atomic E-state index is 0.0249. The van der Waals surface area contributed by atoms with Gasteiger partial charge in [0.05, 0.1) is 10.4 Å². The number of amides is 1. The highest BCUT2D eigenvalue weighted by atomic mass is 32.2. The third-order valence-electron chi connectivity index (χ3n) is 6.08. The van der Waals surface area contributed by atoms with Crippen LogP contribution in [-0.2, 0) is 21.4 Å². The van der Waals surface area contributed by atoms with Crippen LogP contribution in [0.1, 0.15) is 6.92 Å². The van der Waals surface area contributed by atoms with E-state index in [0.29, 0.717) is 25.2 Å². The Morgan fingerprint density at radius 2 is 1.97 bits per heavy atom. The zero-order chi connectivity index (χ0) is 24.6. The molecular weight excluding hydrogens is 491 g/mol. The van der Waals surface area contributed by atoms with Gasteiger partial charge in [0.2, 0.25) is 11.0 Å². The summed E-state index contributed by atoms with van der Waals surface area (Å²) in [4.78, 5) is 17.1. The molecule has 2 aromatic heterocycles. The highest BCUT2D eigenvalue weighted by Gasteiger charge is 2.28. The van der Waals surface area contributed by atoms with E-state index in [2.05, 4.69) is 19.8 Å². The lowest BCUT2D eigenvalue weighted by atomic mass is 10.1. The predicted molar refractivity (Wildman–Crippen MR) is 132 cm³/mol. The molecule has 0 bridgehead atoms. The van der Waals surface area contributed by atoms with Crippen molar-refractivity contribution in [3.8, 4) is 0 Å². The molecule has 1 saturated heterocycles. The molecule has 5 rings (SSSR count). The molecule has 0 spiro atoms. The van der Waals surface area contributed by atoms with Crippen molar-refractivity contribution in [2.75, 3.05) is 29.3 Å². The standard InChI is InChI=1S/C23H23FN6O3S2/c1-16-13-28(19-4-6-20(7-5-19)35(32,33)27-23-26-25-15-34-23)10-11-30(16)22(31)14-29-9-8-17-2-3-18(24)12-21(17)29/h2-9,12,15-16H,10-11,13-14H2,1H3,(H,26,27). The van der Waals surface area contributed by atoms with Gasteiger partial charge in [-0.3, -0.25) is 9.52 Å². The molecule has 3 heterocycles. The van der Waals surface area contributed by atoms with Crippen LogP contribution in [-0.4, -0.2) is 59.7 Å². The fourth-order valence-electron chi connectivity index (χ4n) is 4.32. The Labute approximate surface area is 205 Å². The van der Waals surface area contributed by atoms with Crippen LogP contribution in [0.5, 0.6) is 0 Å². The van der Waals surface area contributed by atoms with Crippen LogP contribution in [0.2, 0.25) is 0 Å². The number of rotatable bonds is 6. The number of carbonyl (C=O) groups is 1. The average molecular weight is 515 g/mol. The first-order valence-electron chi connectivity index (χ1n) is 11.0. The van der Waals surface area contributed by atoms with Gasteiger partial charge in [0.15, 0.2) is 0 Å². The van der Waals surface area contributed by atoms with Gasteiger partial charge in [-0.2, -0.15) is 0 Å². The fourth-order valence-corrected chi connectivity index (χ4v) is 6.01. The van der Waals surface area contributed by atoms with Crippen molar-refractivity contribution in [1.82, 2.24) is 19.7 Å². The number of nitrogens with one attached hydrogen (secondary N) is 1. The van der Waals surface area contributed by atoms with Crippen LogP contribution in [0, 0.1) is 5.82 Å².